The second-order valence-corrected chi connectivity index (χ2v) is 4.46. The van der Waals surface area contributed by atoms with Gasteiger partial charge in [-0.05, 0) is 30.7 Å². The monoisotopic (exact) mass is 261 g/mol. The Morgan fingerprint density at radius 1 is 1.27 bits per heavy atom. The molecule has 3 nitrogen and oxygen atoms in total. The molecule has 4 heteroatoms. The Morgan fingerprint density at radius 2 is 2.13 bits per heavy atom. The van der Waals surface area contributed by atoms with Gasteiger partial charge in [-0.3, -0.25) is 4.40 Å². The molecule has 0 saturated heterocycles. The van der Waals surface area contributed by atoms with Gasteiger partial charge in [0.15, 0.2) is 5.65 Å². The molecule has 0 unspecified atom stereocenters. The zero-order valence-electron chi connectivity index (χ0n) is 8.11. The molecule has 0 aliphatic rings. The van der Waals surface area contributed by atoms with Crippen LogP contribution in [0.1, 0.15) is 5.56 Å². The molecule has 0 atom stereocenters. The van der Waals surface area contributed by atoms with E-state index in [4.69, 9.17) is 0 Å². The van der Waals surface area contributed by atoms with Crippen LogP contribution in [0, 0.1) is 6.92 Å². The SMILES string of the molecule is Cc1cc2nncn2c2cc(Br)ccc12. The first-order valence-electron chi connectivity index (χ1n) is 4.64. The van der Waals surface area contributed by atoms with Gasteiger partial charge in [0.1, 0.15) is 6.33 Å². The number of aryl methyl sites for hydroxylation is 1. The van der Waals surface area contributed by atoms with Gasteiger partial charge in [0.2, 0.25) is 0 Å². The summed E-state index contributed by atoms with van der Waals surface area (Å²) < 4.78 is 3.06. The van der Waals surface area contributed by atoms with Crippen molar-refractivity contribution in [2.45, 2.75) is 6.92 Å². The normalized spacial score (nSPS) is 11.3. The lowest BCUT2D eigenvalue weighted by Gasteiger charge is -2.05. The maximum Gasteiger partial charge on any atom is 0.161 e. The average Bonchev–Trinajstić information content (AvgIpc) is 2.65. The summed E-state index contributed by atoms with van der Waals surface area (Å²) in [5.74, 6) is 0. The zero-order chi connectivity index (χ0) is 10.4. The maximum absolute atomic E-state index is 4.06. The van der Waals surface area contributed by atoms with Crippen LogP contribution in [0.3, 0.4) is 0 Å². The van der Waals surface area contributed by atoms with Crippen LogP contribution in [0.25, 0.3) is 16.6 Å². The second kappa shape index (κ2) is 3.03. The Bertz CT molecular complexity index is 657. The number of hydrogen-bond donors (Lipinski definition) is 0. The van der Waals surface area contributed by atoms with Crippen LogP contribution >= 0.6 is 15.9 Å². The minimum absolute atomic E-state index is 0.887. The van der Waals surface area contributed by atoms with Crippen molar-refractivity contribution in [2.24, 2.45) is 0 Å². The molecule has 3 aromatic rings. The number of benzene rings is 1. The number of fused-ring (bicyclic) bond motifs is 3. The van der Waals surface area contributed by atoms with Gasteiger partial charge < -0.3 is 0 Å². The van der Waals surface area contributed by atoms with Crippen LogP contribution in [0.2, 0.25) is 0 Å². The largest absolute Gasteiger partial charge is 0.281 e. The lowest BCUT2D eigenvalue weighted by Crippen LogP contribution is -1.89. The molecular weight excluding hydrogens is 254 g/mol. The van der Waals surface area contributed by atoms with Crippen LogP contribution in [0.5, 0.6) is 0 Å². The molecule has 1 aromatic carbocycles. The third-order valence-electron chi connectivity index (χ3n) is 2.56. The summed E-state index contributed by atoms with van der Waals surface area (Å²) in [6.07, 6.45) is 1.74. The molecule has 2 aromatic heterocycles. The molecule has 74 valence electrons. The van der Waals surface area contributed by atoms with Crippen LogP contribution in [0.4, 0.5) is 0 Å². The van der Waals surface area contributed by atoms with Crippen molar-refractivity contribution >= 4 is 32.5 Å². The van der Waals surface area contributed by atoms with E-state index in [0.29, 0.717) is 0 Å². The van der Waals surface area contributed by atoms with Crippen molar-refractivity contribution in [3.05, 3.63) is 40.6 Å². The Morgan fingerprint density at radius 3 is 3.00 bits per heavy atom. The Hall–Kier alpha value is -1.42. The number of pyridine rings is 1. The van der Waals surface area contributed by atoms with E-state index in [0.717, 1.165) is 15.6 Å². The summed E-state index contributed by atoms with van der Waals surface area (Å²) in [7, 11) is 0. The van der Waals surface area contributed by atoms with Gasteiger partial charge in [0.25, 0.3) is 0 Å². The lowest BCUT2D eigenvalue weighted by molar-refractivity contribution is 1.11. The fourth-order valence-corrected chi connectivity index (χ4v) is 2.19. The summed E-state index contributed by atoms with van der Waals surface area (Å²) in [5, 5.41) is 9.20. The van der Waals surface area contributed by atoms with Crippen LogP contribution < -0.4 is 0 Å². The van der Waals surface area contributed by atoms with Gasteiger partial charge in [0, 0.05) is 9.86 Å². The minimum Gasteiger partial charge on any atom is -0.281 e. The highest BCUT2D eigenvalue weighted by atomic mass is 79.9. The van der Waals surface area contributed by atoms with Crippen LogP contribution in [0.15, 0.2) is 35.1 Å². The zero-order valence-corrected chi connectivity index (χ0v) is 9.69. The molecule has 0 N–H and O–H groups in total. The molecule has 0 spiro atoms. The molecule has 0 bridgehead atoms. The Labute approximate surface area is 94.9 Å². The number of aromatic nitrogens is 3. The average molecular weight is 262 g/mol. The highest BCUT2D eigenvalue weighted by molar-refractivity contribution is 9.10. The van der Waals surface area contributed by atoms with E-state index in [1.807, 2.05) is 16.5 Å². The van der Waals surface area contributed by atoms with Crippen molar-refractivity contribution in [1.29, 1.82) is 0 Å². The summed E-state index contributed by atoms with van der Waals surface area (Å²) in [5.41, 5.74) is 3.24. The minimum atomic E-state index is 0.887. The van der Waals surface area contributed by atoms with Crippen molar-refractivity contribution in [2.75, 3.05) is 0 Å². The van der Waals surface area contributed by atoms with Gasteiger partial charge in [-0.15, -0.1) is 10.2 Å². The van der Waals surface area contributed by atoms with E-state index in [2.05, 4.69) is 45.2 Å². The topological polar surface area (TPSA) is 30.2 Å². The van der Waals surface area contributed by atoms with Crippen LogP contribution in [-0.4, -0.2) is 14.6 Å². The van der Waals surface area contributed by atoms with E-state index < -0.39 is 0 Å². The molecule has 2 heterocycles. The fraction of sp³-hybridized carbons (Fsp3) is 0.0909. The predicted octanol–water partition coefficient (Wildman–Crippen LogP) is 2.95. The van der Waals surface area contributed by atoms with E-state index in [-0.39, 0.29) is 0 Å². The number of nitrogens with zero attached hydrogens (tertiary/aromatic N) is 3. The predicted molar refractivity (Wildman–Crippen MR) is 62.9 cm³/mol. The lowest BCUT2D eigenvalue weighted by atomic mass is 10.1. The van der Waals surface area contributed by atoms with Gasteiger partial charge in [-0.1, -0.05) is 22.0 Å². The first-order valence-corrected chi connectivity index (χ1v) is 5.43. The van der Waals surface area contributed by atoms with Crippen molar-refractivity contribution < 1.29 is 0 Å². The molecular formula is C11H8BrN3. The molecule has 0 radical (unpaired) electrons. The molecule has 0 saturated carbocycles. The van der Waals surface area contributed by atoms with Crippen molar-refractivity contribution in [3.8, 4) is 0 Å². The number of hydrogen-bond acceptors (Lipinski definition) is 2. The van der Waals surface area contributed by atoms with Crippen LogP contribution in [-0.2, 0) is 0 Å². The summed E-state index contributed by atoms with van der Waals surface area (Å²) in [4.78, 5) is 0. The summed E-state index contributed by atoms with van der Waals surface area (Å²) in [6.45, 7) is 2.09. The highest BCUT2D eigenvalue weighted by Crippen LogP contribution is 2.23. The van der Waals surface area contributed by atoms with E-state index >= 15 is 0 Å². The fourth-order valence-electron chi connectivity index (χ4n) is 1.84. The quantitative estimate of drug-likeness (QED) is 0.623. The van der Waals surface area contributed by atoms with Gasteiger partial charge in [-0.2, -0.15) is 0 Å². The number of rotatable bonds is 0. The molecule has 15 heavy (non-hydrogen) atoms. The van der Waals surface area contributed by atoms with E-state index in [1.54, 1.807) is 6.33 Å². The third-order valence-corrected chi connectivity index (χ3v) is 3.06. The van der Waals surface area contributed by atoms with E-state index in [9.17, 15) is 0 Å². The second-order valence-electron chi connectivity index (χ2n) is 3.55. The van der Waals surface area contributed by atoms with Gasteiger partial charge in [-0.25, -0.2) is 0 Å². The Kier molecular flexibility index (Phi) is 1.79. The van der Waals surface area contributed by atoms with Crippen molar-refractivity contribution in [3.63, 3.8) is 0 Å². The first-order chi connectivity index (χ1) is 7.25. The smallest absolute Gasteiger partial charge is 0.161 e. The van der Waals surface area contributed by atoms with Crippen molar-refractivity contribution in [1.82, 2.24) is 14.6 Å². The summed E-state index contributed by atoms with van der Waals surface area (Å²) >= 11 is 3.48. The molecule has 0 fully saturated rings. The molecule has 0 aliphatic carbocycles. The molecule has 3 rings (SSSR count). The maximum atomic E-state index is 4.06. The first kappa shape index (κ1) is 8.85. The van der Waals surface area contributed by atoms with Gasteiger partial charge in [0.05, 0.1) is 5.52 Å². The number of halogens is 1. The Balaban J connectivity index is 2.63. The summed E-state index contributed by atoms with van der Waals surface area (Å²) in [6, 6.07) is 8.28. The van der Waals surface area contributed by atoms with E-state index in [1.165, 1.54) is 10.9 Å². The van der Waals surface area contributed by atoms with Gasteiger partial charge >= 0.3 is 0 Å². The third kappa shape index (κ3) is 1.25. The standard InChI is InChI=1S/C11H8BrN3/c1-7-4-11-14-13-6-15(11)10-5-8(12)2-3-9(7)10/h2-6H,1H3. The molecule has 0 amide bonds. The highest BCUT2D eigenvalue weighted by Gasteiger charge is 2.04. The molecule has 0 aliphatic heterocycles.